The van der Waals surface area contributed by atoms with Crippen LogP contribution in [0.3, 0.4) is 0 Å². The van der Waals surface area contributed by atoms with Crippen molar-refractivity contribution in [3.05, 3.63) is 60.2 Å². The van der Waals surface area contributed by atoms with E-state index in [4.69, 9.17) is 9.47 Å². The summed E-state index contributed by atoms with van der Waals surface area (Å²) >= 11 is 0. The minimum Gasteiger partial charge on any atom is -0.463 e. The van der Waals surface area contributed by atoms with Gasteiger partial charge >= 0.3 is 5.97 Å². The van der Waals surface area contributed by atoms with E-state index in [9.17, 15) is 24.3 Å². The number of benzene rings is 1. The van der Waals surface area contributed by atoms with Crippen LogP contribution in [-0.2, 0) is 28.7 Å². The van der Waals surface area contributed by atoms with Crippen LogP contribution >= 0.6 is 0 Å². The predicted molar refractivity (Wildman–Crippen MR) is 144 cm³/mol. The lowest BCUT2D eigenvalue weighted by Gasteiger charge is -2.35. The molecular formula is C30H37N3O7. The molecule has 0 aliphatic carbocycles. The van der Waals surface area contributed by atoms with Crippen molar-refractivity contribution >= 4 is 23.7 Å². The number of esters is 1. The first kappa shape index (κ1) is 28.0. The molecule has 1 aromatic rings. The summed E-state index contributed by atoms with van der Waals surface area (Å²) in [6.45, 7) is 2.55. The van der Waals surface area contributed by atoms with Gasteiger partial charge in [-0.25, -0.2) is 0 Å². The van der Waals surface area contributed by atoms with Crippen molar-refractivity contribution in [3.63, 3.8) is 0 Å². The fraction of sp³-hybridized carbons (Fsp3) is 0.533. The highest BCUT2D eigenvalue weighted by atomic mass is 16.5. The molecule has 0 aromatic heterocycles. The number of aliphatic hydroxyl groups is 1. The number of ether oxygens (including phenoxy) is 2. The van der Waals surface area contributed by atoms with E-state index in [1.807, 2.05) is 43.3 Å². The Balaban J connectivity index is 1.56. The van der Waals surface area contributed by atoms with E-state index in [0.29, 0.717) is 19.5 Å². The zero-order valence-electron chi connectivity index (χ0n) is 22.7. The molecule has 40 heavy (non-hydrogen) atoms. The summed E-state index contributed by atoms with van der Waals surface area (Å²) in [6.07, 6.45) is 8.60. The highest BCUT2D eigenvalue weighted by Crippen LogP contribution is 2.52. The molecule has 0 bridgehead atoms. The maximum absolute atomic E-state index is 14.1. The van der Waals surface area contributed by atoms with E-state index < -0.39 is 41.5 Å². The van der Waals surface area contributed by atoms with Gasteiger partial charge < -0.3 is 29.7 Å². The van der Waals surface area contributed by atoms with Gasteiger partial charge in [-0.2, -0.15) is 0 Å². The topological polar surface area (TPSA) is 125 Å². The largest absolute Gasteiger partial charge is 0.463 e. The molecule has 2 N–H and O–H groups in total. The maximum atomic E-state index is 14.1. The van der Waals surface area contributed by atoms with Crippen molar-refractivity contribution in [3.8, 4) is 0 Å². The summed E-state index contributed by atoms with van der Waals surface area (Å²) in [6, 6.07) is 7.58. The molecule has 214 valence electrons. The molecule has 5 rings (SSSR count). The number of carbonyl (C=O) groups is 4. The van der Waals surface area contributed by atoms with Crippen molar-refractivity contribution in [2.24, 2.45) is 11.8 Å². The minimum atomic E-state index is -1.37. The Kier molecular flexibility index (Phi) is 8.37. The number of β-amino-alcohol motifs (C(OH)–C–C–N with tert-alkyl or cyclic N) is 1. The van der Waals surface area contributed by atoms with Crippen LogP contribution in [0.25, 0.3) is 0 Å². The molecule has 6 atom stereocenters. The molecule has 0 unspecified atom stereocenters. The first-order chi connectivity index (χ1) is 19.4. The second kappa shape index (κ2) is 11.9. The third-order valence-electron chi connectivity index (χ3n) is 8.27. The standard InChI is InChI=1S/C30H37N3O7/c1-2-3-15-32-16-9-14-30-25(28(37)33(17-18-34)26(30)29(32)38)24-22(40-30)12-7-8-13-23(35)39-19-21(31-27(24)36)20-10-5-4-6-11-20/h4-7,9-12,14,21-22,24-26,34H,2-3,8,13,15-19H2,1H3,(H,31,36)/b12-7-/t21-,22+,24-,25-,26+,30-/m1/s1. The summed E-state index contributed by atoms with van der Waals surface area (Å²) in [5.41, 5.74) is -0.606. The number of allylic oxidation sites excluding steroid dienone is 1. The van der Waals surface area contributed by atoms with Crippen molar-refractivity contribution in [1.82, 2.24) is 15.1 Å². The van der Waals surface area contributed by atoms with Crippen LogP contribution in [0.4, 0.5) is 0 Å². The maximum Gasteiger partial charge on any atom is 0.306 e. The van der Waals surface area contributed by atoms with Gasteiger partial charge in [0.15, 0.2) is 0 Å². The van der Waals surface area contributed by atoms with Gasteiger partial charge in [0.2, 0.25) is 17.7 Å². The van der Waals surface area contributed by atoms with Crippen molar-refractivity contribution < 1.29 is 33.8 Å². The third-order valence-corrected chi connectivity index (χ3v) is 8.27. The Morgan fingerprint density at radius 3 is 2.62 bits per heavy atom. The number of cyclic esters (lactones) is 1. The van der Waals surface area contributed by atoms with Crippen LogP contribution in [-0.4, -0.2) is 89.2 Å². The second-order valence-corrected chi connectivity index (χ2v) is 10.8. The lowest BCUT2D eigenvalue weighted by Crippen LogP contribution is -2.55. The number of fused-ring (bicyclic) bond motifs is 2. The van der Waals surface area contributed by atoms with Gasteiger partial charge in [-0.05, 0) is 18.4 Å². The van der Waals surface area contributed by atoms with Crippen LogP contribution in [0.1, 0.15) is 44.2 Å². The minimum absolute atomic E-state index is 0.0380. The molecule has 10 heteroatoms. The van der Waals surface area contributed by atoms with Crippen molar-refractivity contribution in [2.45, 2.75) is 56.4 Å². The zero-order chi connectivity index (χ0) is 28.3. The summed E-state index contributed by atoms with van der Waals surface area (Å²) in [5, 5.41) is 12.8. The van der Waals surface area contributed by atoms with Gasteiger partial charge in [0.1, 0.15) is 18.2 Å². The van der Waals surface area contributed by atoms with Crippen LogP contribution in [0.2, 0.25) is 0 Å². The van der Waals surface area contributed by atoms with Gasteiger partial charge in [0, 0.05) is 26.1 Å². The number of unbranched alkanes of at least 4 members (excludes halogenated alkanes) is 1. The SMILES string of the molecule is CCCCN1CC=C[C@@]23O[C@H]4/C=C\CCC(=O)OC[C@H](c5ccccc5)NC(=O)[C@H]4[C@@H]2C(=O)N(CCO)[C@H]3C1=O. The van der Waals surface area contributed by atoms with Crippen molar-refractivity contribution in [1.29, 1.82) is 0 Å². The Morgan fingerprint density at radius 1 is 1.07 bits per heavy atom. The van der Waals surface area contributed by atoms with E-state index >= 15 is 0 Å². The quantitative estimate of drug-likeness (QED) is 0.406. The summed E-state index contributed by atoms with van der Waals surface area (Å²) in [7, 11) is 0. The highest BCUT2D eigenvalue weighted by molar-refractivity contribution is 5.99. The molecule has 1 spiro atoms. The molecule has 4 heterocycles. The first-order valence-electron chi connectivity index (χ1n) is 14.1. The van der Waals surface area contributed by atoms with Gasteiger partial charge in [0.25, 0.3) is 0 Å². The Labute approximate surface area is 234 Å². The second-order valence-electron chi connectivity index (χ2n) is 10.8. The number of amides is 3. The molecule has 3 amide bonds. The van der Waals surface area contributed by atoms with E-state index in [2.05, 4.69) is 5.32 Å². The van der Waals surface area contributed by atoms with Gasteiger partial charge in [-0.3, -0.25) is 19.2 Å². The summed E-state index contributed by atoms with van der Waals surface area (Å²) in [5.74, 6) is -3.33. The Morgan fingerprint density at radius 2 is 1.88 bits per heavy atom. The fourth-order valence-electron chi connectivity index (χ4n) is 6.38. The number of likely N-dealkylation sites (tertiary alicyclic amines) is 1. The molecule has 0 saturated carbocycles. The summed E-state index contributed by atoms with van der Waals surface area (Å²) in [4.78, 5) is 57.5. The number of nitrogens with one attached hydrogen (secondary N) is 1. The zero-order valence-corrected chi connectivity index (χ0v) is 22.7. The molecule has 0 radical (unpaired) electrons. The van der Waals surface area contributed by atoms with E-state index in [0.717, 1.165) is 18.4 Å². The average Bonchev–Trinajstić information content (AvgIpc) is 3.33. The molecule has 2 fully saturated rings. The average molecular weight is 552 g/mol. The van der Waals surface area contributed by atoms with Crippen LogP contribution in [0, 0.1) is 11.8 Å². The van der Waals surface area contributed by atoms with Gasteiger partial charge in [0.05, 0.1) is 30.6 Å². The highest BCUT2D eigenvalue weighted by Gasteiger charge is 2.71. The normalized spacial score (nSPS) is 33.2. The molecule has 10 nitrogen and oxygen atoms in total. The lowest BCUT2D eigenvalue weighted by molar-refractivity contribution is -0.148. The van der Waals surface area contributed by atoms with Gasteiger partial charge in [-0.15, -0.1) is 0 Å². The van der Waals surface area contributed by atoms with Crippen LogP contribution < -0.4 is 5.32 Å². The van der Waals surface area contributed by atoms with Crippen molar-refractivity contribution in [2.75, 3.05) is 32.8 Å². The molecule has 1 aromatic carbocycles. The Hall–Kier alpha value is -3.50. The van der Waals surface area contributed by atoms with Crippen LogP contribution in [0.5, 0.6) is 0 Å². The van der Waals surface area contributed by atoms with Gasteiger partial charge in [-0.1, -0.05) is 68.0 Å². The lowest BCUT2D eigenvalue weighted by atomic mass is 9.77. The number of hydrogen-bond donors (Lipinski definition) is 2. The smallest absolute Gasteiger partial charge is 0.306 e. The third kappa shape index (κ3) is 5.06. The van der Waals surface area contributed by atoms with E-state index in [1.54, 1.807) is 23.1 Å². The monoisotopic (exact) mass is 551 g/mol. The molecule has 2 saturated heterocycles. The molecular weight excluding hydrogens is 514 g/mol. The number of carbonyl (C=O) groups excluding carboxylic acids is 4. The van der Waals surface area contributed by atoms with Crippen LogP contribution in [0.15, 0.2) is 54.6 Å². The predicted octanol–water partition coefficient (Wildman–Crippen LogP) is 1.51. The first-order valence-corrected chi connectivity index (χ1v) is 14.1. The molecule has 4 aliphatic rings. The Bertz CT molecular complexity index is 1190. The number of rotatable bonds is 6. The summed E-state index contributed by atoms with van der Waals surface area (Å²) < 4.78 is 12.1. The number of aliphatic hydroxyl groups excluding tert-OH is 1. The van der Waals surface area contributed by atoms with E-state index in [1.165, 1.54) is 4.90 Å². The number of nitrogens with zero attached hydrogens (tertiary/aromatic N) is 2. The molecule has 4 aliphatic heterocycles. The number of hydrogen-bond acceptors (Lipinski definition) is 7. The fourth-order valence-corrected chi connectivity index (χ4v) is 6.38. The van der Waals surface area contributed by atoms with E-state index in [-0.39, 0.29) is 44.0 Å².